The molecule has 2 aliphatic rings. The van der Waals surface area contributed by atoms with Crippen molar-refractivity contribution in [1.82, 2.24) is 21.3 Å². The fourth-order valence-electron chi connectivity index (χ4n) is 9.03. The van der Waals surface area contributed by atoms with Crippen LogP contribution in [-0.2, 0) is 22.7 Å². The third-order valence-corrected chi connectivity index (χ3v) is 16.2. The summed E-state index contributed by atoms with van der Waals surface area (Å²) in [5.74, 6) is -0.0332. The first kappa shape index (κ1) is 45.2. The summed E-state index contributed by atoms with van der Waals surface area (Å²) >= 11 is 0. The number of anilines is 1. The Balaban J connectivity index is 1.30. The quantitative estimate of drug-likeness (QED) is 0.0278. The van der Waals surface area contributed by atoms with Crippen LogP contribution in [-0.4, -0.2) is 65.9 Å². The van der Waals surface area contributed by atoms with E-state index in [2.05, 4.69) is 155 Å². The lowest BCUT2D eigenvalue weighted by Gasteiger charge is -2.38. The molecule has 0 spiro atoms. The summed E-state index contributed by atoms with van der Waals surface area (Å²) in [6.45, 7) is 20.7. The molecule has 7 rings (SSSR count). The van der Waals surface area contributed by atoms with Gasteiger partial charge < -0.3 is 26.6 Å². The van der Waals surface area contributed by atoms with E-state index in [1.807, 2.05) is 27.9 Å². The zero-order chi connectivity index (χ0) is 44.8. The van der Waals surface area contributed by atoms with E-state index < -0.39 is 8.07 Å². The van der Waals surface area contributed by atoms with Crippen LogP contribution >= 0.6 is 0 Å². The van der Waals surface area contributed by atoms with Gasteiger partial charge in [-0.3, -0.25) is 14.6 Å². The van der Waals surface area contributed by atoms with Crippen LogP contribution < -0.4 is 31.8 Å². The molecule has 0 atom stereocenters. The van der Waals surface area contributed by atoms with Crippen LogP contribution in [0.5, 0.6) is 0 Å². The summed E-state index contributed by atoms with van der Waals surface area (Å²) in [6.07, 6.45) is 8.45. The number of amides is 2. The molecule has 1 aliphatic carbocycles. The van der Waals surface area contributed by atoms with E-state index >= 15 is 0 Å². The molecule has 0 aromatic heterocycles. The van der Waals surface area contributed by atoms with Crippen LogP contribution in [0.25, 0.3) is 38.2 Å². The molecular weight excluding hydrogens is 793 g/mol. The van der Waals surface area contributed by atoms with E-state index in [1.165, 1.54) is 82.0 Å². The second kappa shape index (κ2) is 19.7. The highest BCUT2D eigenvalue weighted by molar-refractivity contribution is 6.98. The molecule has 5 aromatic carbocycles. The van der Waals surface area contributed by atoms with Gasteiger partial charge in [0.05, 0.1) is 5.71 Å². The number of hydrogen-bond donors (Lipinski definition) is 5. The fraction of sp³-hybridized carbons (Fsp3) is 0.315. The number of fused-ring (bicyclic) bond motifs is 4. The van der Waals surface area contributed by atoms with Gasteiger partial charge in [-0.15, -0.1) is 0 Å². The van der Waals surface area contributed by atoms with Crippen molar-refractivity contribution in [2.24, 2.45) is 10.9 Å². The van der Waals surface area contributed by atoms with Crippen molar-refractivity contribution in [3.63, 3.8) is 0 Å². The zero-order valence-corrected chi connectivity index (χ0v) is 39.4. The molecule has 8 nitrogen and oxygen atoms in total. The van der Waals surface area contributed by atoms with Crippen molar-refractivity contribution >= 4 is 63.6 Å². The highest BCUT2D eigenvalue weighted by Gasteiger charge is 2.40. The lowest BCUT2D eigenvalue weighted by atomic mass is 9.85. The van der Waals surface area contributed by atoms with Gasteiger partial charge in [0.1, 0.15) is 8.07 Å². The molecule has 326 valence electrons. The number of aliphatic imine (C=N–C) groups is 1. The smallest absolute Gasteiger partial charge is 0.246 e. The molecule has 1 heterocycles. The standard InChI is InChI=1S/C54H64N6O2Si/c1-34(2)53(61)59-26-12-24-57-32-48-41-14-10-11-15-42(41)49(33-58-25-13-27-60-54(62)35(3)4)47-29-38(18-21-43(47)48)37-17-16-36(5)46(28-37)52-44-22-19-39(55-6)30-50(44)63(8,9)51-31-40(56-7)20-23-45(51)52/h10-11,14-23,28-31,34,55,57-58H,3,12-13,24-27,32-33H2,1-2,4-9H3,(H,59,61)(H,60,62). The van der Waals surface area contributed by atoms with Gasteiger partial charge in [-0.05, 0) is 158 Å². The van der Waals surface area contributed by atoms with E-state index in [4.69, 9.17) is 0 Å². The Morgan fingerprint density at radius 3 is 2.03 bits per heavy atom. The van der Waals surface area contributed by atoms with Crippen LogP contribution in [0.1, 0.15) is 61.4 Å². The maximum absolute atomic E-state index is 12.1. The Bertz CT molecular complexity index is 2720. The number of nitrogens with zero attached hydrogens (tertiary/aromatic N) is 1. The van der Waals surface area contributed by atoms with Gasteiger partial charge in [0.25, 0.3) is 0 Å². The molecule has 5 aromatic rings. The Labute approximate surface area is 375 Å². The van der Waals surface area contributed by atoms with Crippen LogP contribution in [0.15, 0.2) is 125 Å². The predicted octanol–water partition coefficient (Wildman–Crippen LogP) is 9.27. The zero-order valence-electron chi connectivity index (χ0n) is 38.4. The van der Waals surface area contributed by atoms with E-state index in [1.54, 1.807) is 6.92 Å². The maximum atomic E-state index is 12.1. The summed E-state index contributed by atoms with van der Waals surface area (Å²) in [7, 11) is 1.79. The molecule has 0 radical (unpaired) electrons. The number of rotatable bonds is 17. The van der Waals surface area contributed by atoms with Gasteiger partial charge in [0, 0.05) is 57.5 Å². The Hall–Kier alpha value is -5.87. The minimum Gasteiger partial charge on any atom is -0.388 e. The lowest BCUT2D eigenvalue weighted by Crippen LogP contribution is -2.49. The number of carbonyl (C=O) groups is 2. The first-order valence-electron chi connectivity index (χ1n) is 22.5. The van der Waals surface area contributed by atoms with Crippen molar-refractivity contribution in [3.8, 4) is 11.1 Å². The molecular formula is C54H64N6O2Si. The average molecular weight is 857 g/mol. The molecule has 0 bridgehead atoms. The molecule has 0 saturated carbocycles. The Kier molecular flexibility index (Phi) is 14.1. The van der Waals surface area contributed by atoms with E-state index in [-0.39, 0.29) is 17.7 Å². The lowest BCUT2D eigenvalue weighted by molar-refractivity contribution is -0.124. The van der Waals surface area contributed by atoms with Crippen molar-refractivity contribution in [2.45, 2.75) is 66.7 Å². The third-order valence-electron chi connectivity index (χ3n) is 12.7. The summed E-state index contributed by atoms with van der Waals surface area (Å²) < 4.78 is 0. The highest BCUT2D eigenvalue weighted by Crippen LogP contribution is 2.44. The number of allylic oxidation sites excluding steroid dienone is 5. The van der Waals surface area contributed by atoms with Crippen molar-refractivity contribution < 1.29 is 9.59 Å². The largest absolute Gasteiger partial charge is 0.388 e. The van der Waals surface area contributed by atoms with Crippen LogP contribution in [0.3, 0.4) is 0 Å². The first-order chi connectivity index (χ1) is 30.3. The van der Waals surface area contributed by atoms with Crippen LogP contribution in [0, 0.1) is 12.8 Å². The Morgan fingerprint density at radius 2 is 1.38 bits per heavy atom. The predicted molar refractivity (Wildman–Crippen MR) is 270 cm³/mol. The summed E-state index contributed by atoms with van der Waals surface area (Å²) in [5.41, 5.74) is 13.9. The molecule has 0 saturated heterocycles. The van der Waals surface area contributed by atoms with E-state index in [9.17, 15) is 9.59 Å². The molecule has 0 unspecified atom stereocenters. The Morgan fingerprint density at radius 1 is 0.746 bits per heavy atom. The van der Waals surface area contributed by atoms with Gasteiger partial charge in [0.15, 0.2) is 0 Å². The van der Waals surface area contributed by atoms with Crippen LogP contribution in [0.2, 0.25) is 13.1 Å². The first-order valence-corrected chi connectivity index (χ1v) is 25.5. The second-order valence-electron chi connectivity index (χ2n) is 17.8. The summed E-state index contributed by atoms with van der Waals surface area (Å²) in [5, 5.41) is 24.6. The summed E-state index contributed by atoms with van der Waals surface area (Å²) in [4.78, 5) is 28.9. The van der Waals surface area contributed by atoms with Gasteiger partial charge in [0.2, 0.25) is 11.8 Å². The number of carbonyl (C=O) groups excluding carboxylic acids is 2. The highest BCUT2D eigenvalue weighted by atomic mass is 28.3. The SMILES string of the molecule is C=C(C)C(=O)NCCCNCc1c2ccccc2c(CNCCCNC(=O)C(C)C)c2ccc(-c3ccc(C)c(C4=C5C=CC(=NC)C=C5[Si](C)(C)c5cc(NC)ccc54)c3)cc12. The molecule has 1 aliphatic heterocycles. The molecule has 63 heavy (non-hydrogen) atoms. The molecule has 5 N–H and O–H groups in total. The maximum Gasteiger partial charge on any atom is 0.246 e. The number of aryl methyl sites for hydroxylation is 1. The minimum absolute atomic E-state index is 0.0200. The van der Waals surface area contributed by atoms with E-state index in [0.717, 1.165) is 37.3 Å². The van der Waals surface area contributed by atoms with E-state index in [0.29, 0.717) is 31.8 Å². The van der Waals surface area contributed by atoms with Crippen molar-refractivity contribution in [3.05, 3.63) is 148 Å². The summed E-state index contributed by atoms with van der Waals surface area (Å²) in [6, 6.07) is 29.6. The topological polar surface area (TPSA) is 107 Å². The van der Waals surface area contributed by atoms with Gasteiger partial charge in [-0.2, -0.15) is 0 Å². The minimum atomic E-state index is -2.09. The third kappa shape index (κ3) is 9.56. The molecule has 9 heteroatoms. The van der Waals surface area contributed by atoms with Crippen LogP contribution in [0.4, 0.5) is 5.69 Å². The second-order valence-corrected chi connectivity index (χ2v) is 22.1. The fourth-order valence-corrected chi connectivity index (χ4v) is 12.1. The average Bonchev–Trinajstić information content (AvgIpc) is 3.28. The van der Waals surface area contributed by atoms with Crippen molar-refractivity contribution in [2.75, 3.05) is 45.6 Å². The van der Waals surface area contributed by atoms with Gasteiger partial charge in [-0.25, -0.2) is 0 Å². The number of hydrogen-bond acceptors (Lipinski definition) is 6. The number of benzene rings is 5. The monoisotopic (exact) mass is 856 g/mol. The normalized spacial score (nSPS) is 14.8. The molecule has 2 amide bonds. The number of nitrogens with one attached hydrogen (secondary N) is 5. The van der Waals surface area contributed by atoms with Gasteiger partial charge in [-0.1, -0.05) is 94.2 Å². The molecule has 0 fully saturated rings. The van der Waals surface area contributed by atoms with Crippen molar-refractivity contribution in [1.29, 1.82) is 0 Å². The van der Waals surface area contributed by atoms with Gasteiger partial charge >= 0.3 is 0 Å².